The number of benzene rings is 3. The molecule has 1 amide bonds. The van der Waals surface area contributed by atoms with Crippen LogP contribution in [0.3, 0.4) is 0 Å². The SMILES string of the molecule is COc1ccc(Cl)cc1/C(O)=C1\C(=O)C(=O)N(c2cc(F)ccc2F)C1c1cccc(C)c1. The number of carbonyl (C=O) groups is 2. The summed E-state index contributed by atoms with van der Waals surface area (Å²) in [7, 11) is 1.37. The number of anilines is 1. The number of ether oxygens (including phenoxy) is 1. The minimum atomic E-state index is -1.22. The highest BCUT2D eigenvalue weighted by molar-refractivity contribution is 6.51. The van der Waals surface area contributed by atoms with Crippen LogP contribution in [0.1, 0.15) is 22.7 Å². The van der Waals surface area contributed by atoms with Crippen molar-refractivity contribution in [1.29, 1.82) is 0 Å². The quantitative estimate of drug-likeness (QED) is 0.308. The van der Waals surface area contributed by atoms with Crippen LogP contribution in [0.25, 0.3) is 5.76 Å². The van der Waals surface area contributed by atoms with Crippen LogP contribution in [0.4, 0.5) is 14.5 Å². The Morgan fingerprint density at radius 3 is 2.52 bits per heavy atom. The molecule has 33 heavy (non-hydrogen) atoms. The molecular weight excluding hydrogens is 452 g/mol. The molecule has 1 fully saturated rings. The lowest BCUT2D eigenvalue weighted by atomic mass is 9.94. The minimum Gasteiger partial charge on any atom is -0.507 e. The van der Waals surface area contributed by atoms with Gasteiger partial charge in [-0.2, -0.15) is 0 Å². The van der Waals surface area contributed by atoms with Crippen molar-refractivity contribution in [1.82, 2.24) is 0 Å². The van der Waals surface area contributed by atoms with Crippen LogP contribution in [-0.2, 0) is 9.59 Å². The molecule has 1 unspecified atom stereocenters. The Labute approximate surface area is 193 Å². The fourth-order valence-electron chi connectivity index (χ4n) is 3.92. The topological polar surface area (TPSA) is 66.8 Å². The summed E-state index contributed by atoms with van der Waals surface area (Å²) >= 11 is 6.08. The summed E-state index contributed by atoms with van der Waals surface area (Å²) < 4.78 is 34.0. The van der Waals surface area contributed by atoms with Gasteiger partial charge in [0.2, 0.25) is 0 Å². The fourth-order valence-corrected chi connectivity index (χ4v) is 4.09. The number of Topliss-reactive ketones (excluding diaryl/α,β-unsaturated/α-hetero) is 1. The maximum atomic E-state index is 14.7. The summed E-state index contributed by atoms with van der Waals surface area (Å²) in [6, 6.07) is 12.7. The Bertz CT molecular complexity index is 1320. The number of ketones is 1. The summed E-state index contributed by atoms with van der Waals surface area (Å²) in [5, 5.41) is 11.5. The standard InChI is InChI=1S/C25H18ClF2NO4/c1-13-4-3-5-14(10-13)22-21(23(30)17-11-15(26)6-9-20(17)33-2)24(31)25(32)29(22)19-12-16(27)7-8-18(19)28/h3-12,22,30H,1-2H3/b23-21+. The third-order valence-electron chi connectivity index (χ3n) is 5.39. The number of hydrogen-bond acceptors (Lipinski definition) is 4. The summed E-state index contributed by atoms with van der Waals surface area (Å²) in [6.45, 7) is 1.80. The van der Waals surface area contributed by atoms with E-state index >= 15 is 0 Å². The number of halogens is 3. The number of amides is 1. The van der Waals surface area contributed by atoms with E-state index in [1.165, 1.54) is 25.3 Å². The summed E-state index contributed by atoms with van der Waals surface area (Å²) in [5.41, 5.74) is 0.606. The first-order valence-electron chi connectivity index (χ1n) is 9.89. The van der Waals surface area contributed by atoms with Crippen molar-refractivity contribution in [3.05, 3.63) is 99.6 Å². The highest BCUT2D eigenvalue weighted by atomic mass is 35.5. The van der Waals surface area contributed by atoms with Crippen molar-refractivity contribution >= 4 is 34.7 Å². The van der Waals surface area contributed by atoms with Crippen LogP contribution in [0.2, 0.25) is 5.02 Å². The van der Waals surface area contributed by atoms with Crippen molar-refractivity contribution < 1.29 is 28.2 Å². The molecule has 3 aromatic carbocycles. The molecule has 4 rings (SSSR count). The summed E-state index contributed by atoms with van der Waals surface area (Å²) in [4.78, 5) is 27.1. The molecule has 1 atom stereocenters. The normalized spacial score (nSPS) is 17.5. The Kier molecular flexibility index (Phi) is 5.91. The third kappa shape index (κ3) is 3.96. The van der Waals surface area contributed by atoms with Gasteiger partial charge in [-0.3, -0.25) is 14.5 Å². The Balaban J connectivity index is 2.03. The van der Waals surface area contributed by atoms with Crippen LogP contribution in [-0.4, -0.2) is 23.9 Å². The van der Waals surface area contributed by atoms with E-state index in [2.05, 4.69) is 0 Å². The molecule has 1 heterocycles. The largest absolute Gasteiger partial charge is 0.507 e. The zero-order valence-corrected chi connectivity index (χ0v) is 18.4. The minimum absolute atomic E-state index is 0.0837. The van der Waals surface area contributed by atoms with E-state index in [0.29, 0.717) is 5.56 Å². The molecule has 1 aliphatic heterocycles. The number of aliphatic hydroxyl groups excluding tert-OH is 1. The molecule has 1 saturated heterocycles. The van der Waals surface area contributed by atoms with Gasteiger partial charge in [0.05, 0.1) is 30.0 Å². The lowest BCUT2D eigenvalue weighted by molar-refractivity contribution is -0.132. The molecule has 3 aromatic rings. The van der Waals surface area contributed by atoms with E-state index in [1.54, 1.807) is 31.2 Å². The monoisotopic (exact) mass is 469 g/mol. The Morgan fingerprint density at radius 2 is 1.82 bits per heavy atom. The molecule has 0 bridgehead atoms. The zero-order chi connectivity index (χ0) is 23.9. The Hall–Kier alpha value is -3.71. The van der Waals surface area contributed by atoms with Gasteiger partial charge in [0.25, 0.3) is 11.7 Å². The number of rotatable bonds is 4. The van der Waals surface area contributed by atoms with Gasteiger partial charge in [-0.15, -0.1) is 0 Å². The molecule has 0 spiro atoms. The van der Waals surface area contributed by atoms with E-state index in [-0.39, 0.29) is 21.9 Å². The van der Waals surface area contributed by atoms with Crippen LogP contribution in [0, 0.1) is 18.6 Å². The zero-order valence-electron chi connectivity index (χ0n) is 17.6. The van der Waals surface area contributed by atoms with Gasteiger partial charge < -0.3 is 9.84 Å². The van der Waals surface area contributed by atoms with Gasteiger partial charge in [-0.05, 0) is 42.8 Å². The lowest BCUT2D eigenvalue weighted by Crippen LogP contribution is -2.30. The van der Waals surface area contributed by atoms with Crippen LogP contribution in [0.5, 0.6) is 5.75 Å². The van der Waals surface area contributed by atoms with Crippen LogP contribution < -0.4 is 9.64 Å². The van der Waals surface area contributed by atoms with E-state index in [0.717, 1.165) is 28.7 Å². The first-order chi connectivity index (χ1) is 15.7. The van der Waals surface area contributed by atoms with E-state index in [9.17, 15) is 23.5 Å². The Morgan fingerprint density at radius 1 is 1.06 bits per heavy atom. The first kappa shape index (κ1) is 22.5. The van der Waals surface area contributed by atoms with Crippen LogP contribution in [0.15, 0.2) is 66.2 Å². The second kappa shape index (κ2) is 8.67. The predicted octanol–water partition coefficient (Wildman–Crippen LogP) is 5.56. The second-order valence-corrected chi connectivity index (χ2v) is 7.96. The molecule has 8 heteroatoms. The second-order valence-electron chi connectivity index (χ2n) is 7.52. The molecule has 1 N–H and O–H groups in total. The molecule has 5 nitrogen and oxygen atoms in total. The van der Waals surface area contributed by atoms with Gasteiger partial charge in [0.1, 0.15) is 23.1 Å². The molecule has 0 aromatic heterocycles. The highest BCUT2D eigenvalue weighted by Gasteiger charge is 2.48. The fraction of sp³-hybridized carbons (Fsp3) is 0.120. The van der Waals surface area contributed by atoms with Gasteiger partial charge >= 0.3 is 0 Å². The van der Waals surface area contributed by atoms with Gasteiger partial charge in [-0.25, -0.2) is 8.78 Å². The smallest absolute Gasteiger partial charge is 0.300 e. The van der Waals surface area contributed by atoms with Crippen molar-refractivity contribution in [2.75, 3.05) is 12.0 Å². The molecule has 1 aliphatic rings. The van der Waals surface area contributed by atoms with Crippen molar-refractivity contribution in [2.45, 2.75) is 13.0 Å². The number of hydrogen-bond donors (Lipinski definition) is 1. The number of nitrogens with zero attached hydrogens (tertiary/aromatic N) is 1. The number of aryl methyl sites for hydroxylation is 1. The molecule has 168 valence electrons. The van der Waals surface area contributed by atoms with Gasteiger partial charge in [-0.1, -0.05) is 41.4 Å². The first-order valence-corrected chi connectivity index (χ1v) is 10.3. The summed E-state index contributed by atoms with van der Waals surface area (Å²) in [5.74, 6) is -4.16. The van der Waals surface area contributed by atoms with E-state index in [1.807, 2.05) is 0 Å². The average Bonchev–Trinajstić information content (AvgIpc) is 3.05. The summed E-state index contributed by atoms with van der Waals surface area (Å²) in [6.07, 6.45) is 0. The van der Waals surface area contributed by atoms with Crippen molar-refractivity contribution in [3.8, 4) is 5.75 Å². The highest BCUT2D eigenvalue weighted by Crippen LogP contribution is 2.44. The molecular formula is C25H18ClF2NO4. The lowest BCUT2D eigenvalue weighted by Gasteiger charge is -2.26. The van der Waals surface area contributed by atoms with Gasteiger partial charge in [0.15, 0.2) is 0 Å². The molecule has 0 radical (unpaired) electrons. The number of methoxy groups -OCH3 is 1. The molecule has 0 aliphatic carbocycles. The maximum absolute atomic E-state index is 14.7. The molecule has 0 saturated carbocycles. The third-order valence-corrected chi connectivity index (χ3v) is 5.62. The van der Waals surface area contributed by atoms with E-state index < -0.39 is 40.8 Å². The van der Waals surface area contributed by atoms with E-state index in [4.69, 9.17) is 16.3 Å². The number of carbonyl (C=O) groups excluding carboxylic acids is 2. The maximum Gasteiger partial charge on any atom is 0.300 e. The van der Waals surface area contributed by atoms with Crippen molar-refractivity contribution in [3.63, 3.8) is 0 Å². The van der Waals surface area contributed by atoms with Gasteiger partial charge in [0, 0.05) is 11.1 Å². The average molecular weight is 470 g/mol. The number of aliphatic hydroxyl groups is 1. The predicted molar refractivity (Wildman–Crippen MR) is 120 cm³/mol. The van der Waals surface area contributed by atoms with Crippen LogP contribution >= 0.6 is 11.6 Å². The van der Waals surface area contributed by atoms with Crippen molar-refractivity contribution in [2.24, 2.45) is 0 Å².